The van der Waals surface area contributed by atoms with E-state index >= 15 is 0 Å². The molecule has 4 heteroatoms. The summed E-state index contributed by atoms with van der Waals surface area (Å²) in [5, 5.41) is 0.528. The Hall–Kier alpha value is -1.42. The molecule has 0 radical (unpaired) electrons. The summed E-state index contributed by atoms with van der Waals surface area (Å²) in [6.07, 6.45) is 0. The summed E-state index contributed by atoms with van der Waals surface area (Å²) >= 11 is 6.00. The van der Waals surface area contributed by atoms with E-state index in [9.17, 15) is 4.39 Å². The highest BCUT2D eigenvalue weighted by molar-refractivity contribution is 6.30. The largest absolute Gasteiger partial charge is 0.329 e. The Morgan fingerprint density at radius 3 is 2.52 bits per heavy atom. The van der Waals surface area contributed by atoms with Crippen LogP contribution in [-0.4, -0.2) is 18.0 Å². The van der Waals surface area contributed by atoms with Gasteiger partial charge in [0.2, 0.25) is 0 Å². The van der Waals surface area contributed by atoms with E-state index in [1.54, 1.807) is 12.1 Å². The molecule has 2 nitrogen and oxygen atoms in total. The van der Waals surface area contributed by atoms with Crippen LogP contribution in [0.3, 0.4) is 0 Å². The lowest BCUT2D eigenvalue weighted by Crippen LogP contribution is -2.33. The monoisotopic (exact) mass is 306 g/mol. The Kier molecular flexibility index (Phi) is 5.74. The molecule has 0 saturated heterocycles. The van der Waals surface area contributed by atoms with Crippen LogP contribution in [0.25, 0.3) is 0 Å². The van der Waals surface area contributed by atoms with Crippen LogP contribution in [-0.2, 0) is 6.54 Å². The molecular weight excluding hydrogens is 287 g/mol. The summed E-state index contributed by atoms with van der Waals surface area (Å²) in [6.45, 7) is 3.90. The number of nitrogens with two attached hydrogens (primary N) is 1. The highest BCUT2D eigenvalue weighted by atomic mass is 35.5. The van der Waals surface area contributed by atoms with Gasteiger partial charge in [0, 0.05) is 23.7 Å². The Morgan fingerprint density at radius 1 is 1.19 bits per heavy atom. The van der Waals surface area contributed by atoms with Gasteiger partial charge in [0.15, 0.2) is 0 Å². The number of likely N-dealkylation sites (N-methyl/N-ethyl adjacent to an activating group) is 1. The molecule has 112 valence electrons. The lowest BCUT2D eigenvalue weighted by atomic mass is 10.0. The first-order chi connectivity index (χ1) is 10.2. The minimum absolute atomic E-state index is 0.186. The molecule has 1 atom stereocenters. The highest BCUT2D eigenvalue weighted by Crippen LogP contribution is 2.26. The normalized spacial score (nSPS) is 12.6. The third-order valence-electron chi connectivity index (χ3n) is 3.62. The second kappa shape index (κ2) is 7.55. The van der Waals surface area contributed by atoms with Gasteiger partial charge in [0.1, 0.15) is 5.82 Å². The number of halogens is 2. The van der Waals surface area contributed by atoms with Crippen LogP contribution >= 0.6 is 11.6 Å². The Balaban J connectivity index is 2.27. The van der Waals surface area contributed by atoms with Gasteiger partial charge in [0.05, 0.1) is 6.04 Å². The van der Waals surface area contributed by atoms with Crippen LogP contribution in [0.1, 0.15) is 24.1 Å². The smallest absolute Gasteiger partial charge is 0.128 e. The summed E-state index contributed by atoms with van der Waals surface area (Å²) in [5.74, 6) is -0.263. The minimum Gasteiger partial charge on any atom is -0.329 e. The molecule has 0 aliphatic carbocycles. The molecule has 0 aromatic heterocycles. The second-order valence-electron chi connectivity index (χ2n) is 4.97. The molecule has 0 saturated carbocycles. The topological polar surface area (TPSA) is 29.3 Å². The maximum absolute atomic E-state index is 14.1. The molecule has 0 aliphatic rings. The summed E-state index contributed by atoms with van der Waals surface area (Å²) in [7, 11) is 0. The first-order valence-corrected chi connectivity index (χ1v) is 7.46. The molecule has 0 aliphatic heterocycles. The van der Waals surface area contributed by atoms with Gasteiger partial charge in [-0.2, -0.15) is 0 Å². The summed E-state index contributed by atoms with van der Waals surface area (Å²) in [4.78, 5) is 2.16. The van der Waals surface area contributed by atoms with E-state index in [1.165, 1.54) is 11.6 Å². The van der Waals surface area contributed by atoms with E-state index in [2.05, 4.69) is 17.0 Å². The van der Waals surface area contributed by atoms with Gasteiger partial charge in [-0.1, -0.05) is 48.9 Å². The van der Waals surface area contributed by atoms with E-state index < -0.39 is 0 Å². The number of hydrogen-bond acceptors (Lipinski definition) is 2. The second-order valence-corrected chi connectivity index (χ2v) is 5.40. The zero-order valence-electron chi connectivity index (χ0n) is 12.1. The summed E-state index contributed by atoms with van der Waals surface area (Å²) in [6, 6.07) is 14.5. The third-order valence-corrected chi connectivity index (χ3v) is 3.85. The van der Waals surface area contributed by atoms with Gasteiger partial charge in [-0.15, -0.1) is 0 Å². The van der Waals surface area contributed by atoms with Crippen LogP contribution in [0.15, 0.2) is 48.5 Å². The average Bonchev–Trinajstić information content (AvgIpc) is 2.51. The summed E-state index contributed by atoms with van der Waals surface area (Å²) in [5.41, 5.74) is 7.64. The third kappa shape index (κ3) is 4.03. The fraction of sp³-hybridized carbons (Fsp3) is 0.294. The molecule has 21 heavy (non-hydrogen) atoms. The van der Waals surface area contributed by atoms with Crippen molar-refractivity contribution in [2.24, 2.45) is 5.73 Å². The predicted molar refractivity (Wildman–Crippen MR) is 85.7 cm³/mol. The fourth-order valence-corrected chi connectivity index (χ4v) is 2.68. The van der Waals surface area contributed by atoms with Crippen molar-refractivity contribution in [3.05, 3.63) is 70.5 Å². The van der Waals surface area contributed by atoms with Crippen molar-refractivity contribution in [3.63, 3.8) is 0 Å². The van der Waals surface area contributed by atoms with Gasteiger partial charge < -0.3 is 5.73 Å². The molecule has 2 N–H and O–H groups in total. The fourth-order valence-electron chi connectivity index (χ4n) is 2.50. The average molecular weight is 307 g/mol. The van der Waals surface area contributed by atoms with Crippen molar-refractivity contribution in [1.82, 2.24) is 4.90 Å². The van der Waals surface area contributed by atoms with E-state index in [0.29, 0.717) is 17.1 Å². The van der Waals surface area contributed by atoms with Gasteiger partial charge >= 0.3 is 0 Å². The van der Waals surface area contributed by atoms with Crippen molar-refractivity contribution >= 4 is 11.6 Å². The minimum atomic E-state index is -0.263. The van der Waals surface area contributed by atoms with E-state index in [0.717, 1.165) is 13.1 Å². The van der Waals surface area contributed by atoms with Crippen LogP contribution in [0.5, 0.6) is 0 Å². The Labute approximate surface area is 130 Å². The van der Waals surface area contributed by atoms with Gasteiger partial charge in [0.25, 0.3) is 0 Å². The Morgan fingerprint density at radius 2 is 1.90 bits per heavy atom. The number of benzene rings is 2. The number of rotatable bonds is 6. The van der Waals surface area contributed by atoms with Crippen molar-refractivity contribution in [3.8, 4) is 0 Å². The molecule has 2 rings (SSSR count). The standard InChI is InChI=1S/C17H20ClFN2/c1-2-21(12-13-6-4-3-5-7-13)17(11-20)15-10-14(18)8-9-16(15)19/h3-10,17H,2,11-12,20H2,1H3. The van der Waals surface area contributed by atoms with Crippen molar-refractivity contribution in [1.29, 1.82) is 0 Å². The maximum Gasteiger partial charge on any atom is 0.128 e. The first kappa shape index (κ1) is 16.0. The van der Waals surface area contributed by atoms with Crippen LogP contribution < -0.4 is 5.73 Å². The molecule has 2 aromatic carbocycles. The molecule has 1 unspecified atom stereocenters. The van der Waals surface area contributed by atoms with Gasteiger partial charge in [-0.25, -0.2) is 4.39 Å². The molecule has 0 fully saturated rings. The zero-order valence-corrected chi connectivity index (χ0v) is 12.9. The van der Waals surface area contributed by atoms with E-state index in [4.69, 9.17) is 17.3 Å². The van der Waals surface area contributed by atoms with Gasteiger partial charge in [-0.3, -0.25) is 4.90 Å². The van der Waals surface area contributed by atoms with Crippen molar-refractivity contribution in [2.45, 2.75) is 19.5 Å². The molecule has 0 spiro atoms. The first-order valence-electron chi connectivity index (χ1n) is 7.08. The van der Waals surface area contributed by atoms with Crippen LogP contribution in [0, 0.1) is 5.82 Å². The molecule has 0 amide bonds. The molecule has 0 heterocycles. The van der Waals surface area contributed by atoms with Crippen LogP contribution in [0.2, 0.25) is 5.02 Å². The van der Waals surface area contributed by atoms with Crippen molar-refractivity contribution < 1.29 is 4.39 Å². The number of hydrogen-bond donors (Lipinski definition) is 1. The van der Waals surface area contributed by atoms with Crippen LogP contribution in [0.4, 0.5) is 4.39 Å². The quantitative estimate of drug-likeness (QED) is 0.874. The van der Waals surface area contributed by atoms with E-state index in [1.807, 2.05) is 25.1 Å². The molecular formula is C17H20ClFN2. The van der Waals surface area contributed by atoms with Crippen molar-refractivity contribution in [2.75, 3.05) is 13.1 Å². The molecule has 2 aromatic rings. The SMILES string of the molecule is CCN(Cc1ccccc1)C(CN)c1cc(Cl)ccc1F. The maximum atomic E-state index is 14.1. The summed E-state index contributed by atoms with van der Waals surface area (Å²) < 4.78 is 14.1. The Bertz CT molecular complexity index is 574. The predicted octanol–water partition coefficient (Wildman–Crippen LogP) is 4.00. The van der Waals surface area contributed by atoms with E-state index in [-0.39, 0.29) is 11.9 Å². The zero-order chi connectivity index (χ0) is 15.2. The van der Waals surface area contributed by atoms with Gasteiger partial charge in [-0.05, 0) is 30.3 Å². The molecule has 0 bridgehead atoms. The number of nitrogens with zero attached hydrogens (tertiary/aromatic N) is 1. The lowest BCUT2D eigenvalue weighted by Gasteiger charge is -2.30. The lowest BCUT2D eigenvalue weighted by molar-refractivity contribution is 0.199. The highest BCUT2D eigenvalue weighted by Gasteiger charge is 2.21.